The molecule has 0 saturated carbocycles. The van der Waals surface area contributed by atoms with E-state index in [0.29, 0.717) is 12.4 Å². The predicted molar refractivity (Wildman–Crippen MR) is 67.2 cm³/mol. The number of tetrazole rings is 1. The molecule has 1 aromatic heterocycles. The van der Waals surface area contributed by atoms with Gasteiger partial charge in [-0.15, -0.1) is 11.7 Å². The Morgan fingerprint density at radius 3 is 3.11 bits per heavy atom. The van der Waals surface area contributed by atoms with Crippen LogP contribution < -0.4 is 10.6 Å². The maximum absolute atomic E-state index is 11.9. The van der Waals surface area contributed by atoms with E-state index in [4.69, 9.17) is 4.74 Å². The fraction of sp³-hybridized carbons (Fsp3) is 0.636. The molecule has 2 amide bonds. The van der Waals surface area contributed by atoms with Crippen LogP contribution >= 0.6 is 0 Å². The summed E-state index contributed by atoms with van der Waals surface area (Å²) >= 11 is 0. The maximum Gasteiger partial charge on any atom is 0.315 e. The van der Waals surface area contributed by atoms with Gasteiger partial charge in [0.1, 0.15) is 0 Å². The molecule has 1 aliphatic heterocycles. The topological polar surface area (TPSA) is 94.0 Å². The lowest BCUT2D eigenvalue weighted by atomic mass is 10.1. The lowest BCUT2D eigenvalue weighted by Gasteiger charge is -2.19. The van der Waals surface area contributed by atoms with E-state index in [0.717, 1.165) is 6.42 Å². The Kier molecular flexibility index (Phi) is 4.10. The minimum Gasteiger partial charge on any atom is -0.372 e. The second kappa shape index (κ2) is 5.79. The van der Waals surface area contributed by atoms with Gasteiger partial charge >= 0.3 is 6.03 Å². The van der Waals surface area contributed by atoms with E-state index >= 15 is 0 Å². The summed E-state index contributed by atoms with van der Waals surface area (Å²) in [5.74, 6) is 0.595. The molecule has 2 heterocycles. The molecule has 0 bridgehead atoms. The molecule has 0 aromatic carbocycles. The van der Waals surface area contributed by atoms with Crippen LogP contribution in [0.5, 0.6) is 0 Å². The highest BCUT2D eigenvalue weighted by Crippen LogP contribution is 2.14. The van der Waals surface area contributed by atoms with Gasteiger partial charge in [0.15, 0.2) is 5.82 Å². The maximum atomic E-state index is 11.9. The normalized spacial score (nSPS) is 23.9. The quantitative estimate of drug-likeness (QED) is 0.743. The molecule has 2 rings (SSSR count). The van der Waals surface area contributed by atoms with Crippen molar-refractivity contribution >= 4 is 6.03 Å². The average molecular weight is 266 g/mol. The fourth-order valence-electron chi connectivity index (χ4n) is 2.07. The second-order valence-corrected chi connectivity index (χ2v) is 4.47. The Hall–Kier alpha value is -1.96. The number of hydrogen-bond donors (Lipinski definition) is 2. The SMILES string of the molecule is C=C[C@@H]1OCC[C@H]1NC(=O)NC(C)c1nnnn1C. The summed E-state index contributed by atoms with van der Waals surface area (Å²) in [7, 11) is 1.73. The van der Waals surface area contributed by atoms with Crippen molar-refractivity contribution in [3.05, 3.63) is 18.5 Å². The zero-order valence-electron chi connectivity index (χ0n) is 11.0. The number of urea groups is 1. The Morgan fingerprint density at radius 1 is 1.68 bits per heavy atom. The third-order valence-electron chi connectivity index (χ3n) is 3.07. The van der Waals surface area contributed by atoms with Crippen LogP contribution in [0, 0.1) is 0 Å². The minimum absolute atomic E-state index is 0.0395. The Balaban J connectivity index is 1.87. The number of rotatable bonds is 4. The highest BCUT2D eigenvalue weighted by Gasteiger charge is 2.27. The number of aryl methyl sites for hydroxylation is 1. The summed E-state index contributed by atoms with van der Waals surface area (Å²) in [4.78, 5) is 11.9. The summed E-state index contributed by atoms with van der Waals surface area (Å²) in [5, 5.41) is 16.8. The van der Waals surface area contributed by atoms with E-state index in [-0.39, 0.29) is 24.2 Å². The van der Waals surface area contributed by atoms with Gasteiger partial charge in [-0.3, -0.25) is 0 Å². The molecular formula is C11H18N6O2. The molecule has 8 heteroatoms. The van der Waals surface area contributed by atoms with Crippen LogP contribution in [0.15, 0.2) is 12.7 Å². The van der Waals surface area contributed by atoms with Gasteiger partial charge in [0.25, 0.3) is 0 Å². The smallest absolute Gasteiger partial charge is 0.315 e. The lowest BCUT2D eigenvalue weighted by molar-refractivity contribution is 0.135. The number of carbonyl (C=O) groups excluding carboxylic acids is 1. The first-order valence-electron chi connectivity index (χ1n) is 6.15. The number of amides is 2. The molecule has 2 N–H and O–H groups in total. The van der Waals surface area contributed by atoms with Gasteiger partial charge in [-0.2, -0.15) is 0 Å². The summed E-state index contributed by atoms with van der Waals surface area (Å²) < 4.78 is 6.94. The fourth-order valence-corrected chi connectivity index (χ4v) is 2.07. The van der Waals surface area contributed by atoms with Crippen molar-refractivity contribution in [1.29, 1.82) is 0 Å². The van der Waals surface area contributed by atoms with Crippen molar-refractivity contribution in [3.8, 4) is 0 Å². The molecule has 3 atom stereocenters. The molecule has 0 radical (unpaired) electrons. The highest BCUT2D eigenvalue weighted by molar-refractivity contribution is 5.74. The van der Waals surface area contributed by atoms with Crippen molar-refractivity contribution in [1.82, 2.24) is 30.8 Å². The van der Waals surface area contributed by atoms with E-state index in [2.05, 4.69) is 32.7 Å². The number of nitrogens with zero attached hydrogens (tertiary/aromatic N) is 4. The second-order valence-electron chi connectivity index (χ2n) is 4.47. The molecule has 0 spiro atoms. The van der Waals surface area contributed by atoms with Crippen molar-refractivity contribution in [2.75, 3.05) is 6.61 Å². The summed E-state index contributed by atoms with van der Waals surface area (Å²) in [5.41, 5.74) is 0. The van der Waals surface area contributed by atoms with Crippen molar-refractivity contribution in [3.63, 3.8) is 0 Å². The first kappa shape index (κ1) is 13.5. The van der Waals surface area contributed by atoms with Gasteiger partial charge in [-0.25, -0.2) is 9.48 Å². The third-order valence-corrected chi connectivity index (χ3v) is 3.07. The Bertz CT molecular complexity index is 460. The first-order chi connectivity index (χ1) is 9.11. The van der Waals surface area contributed by atoms with Crippen LogP contribution in [-0.4, -0.2) is 45.0 Å². The summed E-state index contributed by atoms with van der Waals surface area (Å²) in [6.45, 7) is 6.14. The van der Waals surface area contributed by atoms with Crippen LogP contribution in [0.4, 0.5) is 4.79 Å². The van der Waals surface area contributed by atoms with E-state index in [9.17, 15) is 4.79 Å². The molecule has 1 unspecified atom stereocenters. The molecule has 0 aliphatic carbocycles. The first-order valence-corrected chi connectivity index (χ1v) is 6.15. The van der Waals surface area contributed by atoms with Crippen LogP contribution in [0.3, 0.4) is 0 Å². The highest BCUT2D eigenvalue weighted by atomic mass is 16.5. The predicted octanol–water partition coefficient (Wildman–Crippen LogP) is -0.0862. The lowest BCUT2D eigenvalue weighted by Crippen LogP contribution is -2.46. The number of nitrogens with one attached hydrogen (secondary N) is 2. The van der Waals surface area contributed by atoms with E-state index < -0.39 is 0 Å². The van der Waals surface area contributed by atoms with Gasteiger partial charge in [0, 0.05) is 13.7 Å². The molecule has 19 heavy (non-hydrogen) atoms. The molecule has 104 valence electrons. The van der Waals surface area contributed by atoms with Crippen LogP contribution in [0.25, 0.3) is 0 Å². The van der Waals surface area contributed by atoms with Crippen LogP contribution in [-0.2, 0) is 11.8 Å². The number of aromatic nitrogens is 4. The molecule has 1 aromatic rings. The minimum atomic E-state index is -0.274. The standard InChI is InChI=1S/C11H18N6O2/c1-4-9-8(5-6-19-9)13-11(18)12-7(2)10-14-15-16-17(10)3/h4,7-9H,1,5-6H2,2-3H3,(H2,12,13,18)/t7?,8-,9+/m1/s1. The molecule has 1 fully saturated rings. The molecule has 8 nitrogen and oxygen atoms in total. The number of hydrogen-bond acceptors (Lipinski definition) is 5. The zero-order chi connectivity index (χ0) is 13.8. The average Bonchev–Trinajstić information content (AvgIpc) is 2.97. The van der Waals surface area contributed by atoms with Crippen molar-refractivity contribution in [2.45, 2.75) is 31.5 Å². The van der Waals surface area contributed by atoms with Gasteiger partial charge in [0.2, 0.25) is 0 Å². The van der Waals surface area contributed by atoms with Crippen molar-refractivity contribution < 1.29 is 9.53 Å². The summed E-state index contributed by atoms with van der Waals surface area (Å²) in [6, 6.07) is -0.579. The molecular weight excluding hydrogens is 248 g/mol. The van der Waals surface area contributed by atoms with Crippen LogP contribution in [0.1, 0.15) is 25.2 Å². The monoisotopic (exact) mass is 266 g/mol. The van der Waals surface area contributed by atoms with Crippen molar-refractivity contribution in [2.24, 2.45) is 7.05 Å². The van der Waals surface area contributed by atoms with Gasteiger partial charge < -0.3 is 15.4 Å². The Morgan fingerprint density at radius 2 is 2.47 bits per heavy atom. The third kappa shape index (κ3) is 3.08. The van der Waals surface area contributed by atoms with Gasteiger partial charge in [0.05, 0.1) is 18.2 Å². The molecule has 1 aliphatic rings. The van der Waals surface area contributed by atoms with E-state index in [1.807, 2.05) is 6.92 Å². The summed E-state index contributed by atoms with van der Waals surface area (Å²) in [6.07, 6.45) is 2.36. The number of carbonyl (C=O) groups is 1. The zero-order valence-corrected chi connectivity index (χ0v) is 11.0. The van der Waals surface area contributed by atoms with Gasteiger partial charge in [-0.1, -0.05) is 6.08 Å². The van der Waals surface area contributed by atoms with E-state index in [1.54, 1.807) is 13.1 Å². The Labute approximate surface area is 111 Å². The van der Waals surface area contributed by atoms with Gasteiger partial charge in [-0.05, 0) is 23.8 Å². The molecule has 1 saturated heterocycles. The number of ether oxygens (including phenoxy) is 1. The van der Waals surface area contributed by atoms with Crippen LogP contribution in [0.2, 0.25) is 0 Å². The van der Waals surface area contributed by atoms with E-state index in [1.165, 1.54) is 4.68 Å². The largest absolute Gasteiger partial charge is 0.372 e.